The van der Waals surface area contributed by atoms with Gasteiger partial charge in [0.2, 0.25) is 0 Å². The number of fused-ring (bicyclic) bond motifs is 3. The monoisotopic (exact) mass is 477 g/mol. The Balaban J connectivity index is 0.00000156. The van der Waals surface area contributed by atoms with Crippen LogP contribution in [0.4, 0.5) is 0 Å². The van der Waals surface area contributed by atoms with Gasteiger partial charge >= 0.3 is 0 Å². The average Bonchev–Trinajstić information content (AvgIpc) is 2.76. The maximum Gasteiger partial charge on any atom is 0.0163 e. The molecule has 1 heterocycles. The molecule has 1 aromatic heterocycles. The van der Waals surface area contributed by atoms with Crippen molar-refractivity contribution in [2.24, 2.45) is 0 Å². The van der Waals surface area contributed by atoms with Gasteiger partial charge in [0, 0.05) is 26.3 Å². The number of rotatable bonds is 1. The minimum absolute atomic E-state index is 0. The molecule has 0 amide bonds. The van der Waals surface area contributed by atoms with Gasteiger partial charge < -0.3 is 4.98 Å². The summed E-state index contributed by atoms with van der Waals surface area (Å²) in [6.45, 7) is 6.70. The molecule has 0 saturated heterocycles. The van der Waals surface area contributed by atoms with Crippen LogP contribution in [0.2, 0.25) is 0 Å². The van der Waals surface area contributed by atoms with E-state index in [9.17, 15) is 0 Å². The summed E-state index contributed by atoms with van der Waals surface area (Å²) in [4.78, 5) is 4.58. The van der Waals surface area contributed by atoms with Crippen LogP contribution in [0.25, 0.3) is 22.4 Å². The zero-order valence-electron chi connectivity index (χ0n) is 13.5. The van der Waals surface area contributed by atoms with Gasteiger partial charge in [-0.05, 0) is 35.2 Å². The average molecular weight is 477 g/mol. The molecule has 1 aliphatic rings. The van der Waals surface area contributed by atoms with Crippen LogP contribution in [0.3, 0.4) is 0 Å². The topological polar surface area (TPSA) is 12.9 Å². The fraction of sp³-hybridized carbons (Fsp3) is 0.190. The first kappa shape index (κ1) is 16.1. The molecule has 0 aliphatic heterocycles. The van der Waals surface area contributed by atoms with E-state index < -0.39 is 0 Å². The van der Waals surface area contributed by atoms with Gasteiger partial charge in [-0.2, -0.15) is 0 Å². The molecule has 1 radical (unpaired) electrons. The molecule has 117 valence electrons. The maximum atomic E-state index is 4.58. The molecular formula is C21H18IrN-. The van der Waals surface area contributed by atoms with Gasteiger partial charge in [-0.25, -0.2) is 0 Å². The van der Waals surface area contributed by atoms with Gasteiger partial charge in [0.25, 0.3) is 0 Å². The fourth-order valence-corrected chi connectivity index (χ4v) is 3.64. The van der Waals surface area contributed by atoms with Crippen molar-refractivity contribution in [3.05, 3.63) is 77.5 Å². The molecule has 0 fully saturated rings. The van der Waals surface area contributed by atoms with Crippen molar-refractivity contribution in [3.8, 4) is 22.4 Å². The molecule has 2 aromatic carbocycles. The normalized spacial score (nSPS) is 13.9. The zero-order chi connectivity index (χ0) is 15.3. The SMILES string of the molecule is Cc1ccnc(-c2[c-]ccc3c2C(C)(C)c2ccccc2-3)c1.[Ir]. The van der Waals surface area contributed by atoms with Gasteiger partial charge in [-0.1, -0.05) is 55.3 Å². The molecule has 1 aliphatic carbocycles. The molecule has 0 spiro atoms. The Morgan fingerprint density at radius 2 is 1.78 bits per heavy atom. The van der Waals surface area contributed by atoms with Crippen molar-refractivity contribution in [2.45, 2.75) is 26.2 Å². The number of hydrogen-bond donors (Lipinski definition) is 0. The van der Waals surface area contributed by atoms with Gasteiger partial charge in [0.05, 0.1) is 0 Å². The molecule has 0 N–H and O–H groups in total. The molecule has 0 atom stereocenters. The molecular weight excluding hydrogens is 458 g/mol. The molecule has 3 aromatic rings. The summed E-state index contributed by atoms with van der Waals surface area (Å²) >= 11 is 0. The van der Waals surface area contributed by atoms with E-state index >= 15 is 0 Å². The first-order valence-corrected chi connectivity index (χ1v) is 7.67. The molecule has 4 rings (SSSR count). The number of nitrogens with zero attached hydrogens (tertiary/aromatic N) is 1. The number of aryl methyl sites for hydroxylation is 1. The molecule has 0 unspecified atom stereocenters. The van der Waals surface area contributed by atoms with E-state index in [2.05, 4.69) is 68.2 Å². The van der Waals surface area contributed by atoms with E-state index in [4.69, 9.17) is 0 Å². The Kier molecular flexibility index (Phi) is 4.00. The standard InChI is InChI=1S/C21H18N.Ir/c1-14-11-12-22-19(13-14)17-9-6-8-16-15-7-4-5-10-18(15)21(2,3)20(16)17;/h4-8,10-13H,1-3H3;/q-1;. The Morgan fingerprint density at radius 1 is 1.00 bits per heavy atom. The van der Waals surface area contributed by atoms with Crippen molar-refractivity contribution in [2.75, 3.05) is 0 Å². The minimum atomic E-state index is -0.0234. The van der Waals surface area contributed by atoms with E-state index in [0.29, 0.717) is 0 Å². The van der Waals surface area contributed by atoms with Gasteiger partial charge in [-0.3, -0.25) is 0 Å². The fourth-order valence-electron chi connectivity index (χ4n) is 3.64. The van der Waals surface area contributed by atoms with E-state index in [1.54, 1.807) is 0 Å². The number of benzene rings is 2. The molecule has 23 heavy (non-hydrogen) atoms. The summed E-state index contributed by atoms with van der Waals surface area (Å²) in [5, 5.41) is 0. The summed E-state index contributed by atoms with van der Waals surface area (Å²) in [5.74, 6) is 0. The summed E-state index contributed by atoms with van der Waals surface area (Å²) in [6, 6.07) is 20.5. The smallest absolute Gasteiger partial charge is 0.0163 e. The van der Waals surface area contributed by atoms with E-state index in [0.717, 1.165) is 11.3 Å². The quantitative estimate of drug-likeness (QED) is 0.442. The largest absolute Gasteiger partial charge is 0.305 e. The summed E-state index contributed by atoms with van der Waals surface area (Å²) in [6.07, 6.45) is 1.88. The van der Waals surface area contributed by atoms with E-state index in [-0.39, 0.29) is 25.5 Å². The third kappa shape index (κ3) is 2.38. The number of hydrogen-bond acceptors (Lipinski definition) is 1. The Labute approximate surface area is 151 Å². The van der Waals surface area contributed by atoms with Crippen molar-refractivity contribution in [3.63, 3.8) is 0 Å². The Bertz CT molecular complexity index is 881. The Morgan fingerprint density at radius 3 is 2.57 bits per heavy atom. The zero-order valence-corrected chi connectivity index (χ0v) is 15.9. The van der Waals surface area contributed by atoms with Gasteiger partial charge in [-0.15, -0.1) is 29.3 Å². The van der Waals surface area contributed by atoms with Crippen molar-refractivity contribution >= 4 is 0 Å². The van der Waals surface area contributed by atoms with Crippen molar-refractivity contribution in [1.82, 2.24) is 4.98 Å². The van der Waals surface area contributed by atoms with Crippen LogP contribution >= 0.6 is 0 Å². The third-order valence-electron chi connectivity index (χ3n) is 4.68. The predicted octanol–water partition coefficient (Wildman–Crippen LogP) is 5.16. The second-order valence-corrected chi connectivity index (χ2v) is 6.53. The number of pyridine rings is 1. The third-order valence-corrected chi connectivity index (χ3v) is 4.68. The van der Waals surface area contributed by atoms with E-state index in [1.165, 1.54) is 27.8 Å². The minimum Gasteiger partial charge on any atom is -0.305 e. The van der Waals surface area contributed by atoms with Crippen LogP contribution in [0.15, 0.2) is 54.7 Å². The van der Waals surface area contributed by atoms with Gasteiger partial charge in [0.15, 0.2) is 0 Å². The predicted molar refractivity (Wildman–Crippen MR) is 90.8 cm³/mol. The summed E-state index contributed by atoms with van der Waals surface area (Å²) in [7, 11) is 0. The molecule has 0 saturated carbocycles. The first-order chi connectivity index (χ1) is 10.6. The first-order valence-electron chi connectivity index (χ1n) is 7.67. The van der Waals surface area contributed by atoms with Crippen LogP contribution < -0.4 is 0 Å². The van der Waals surface area contributed by atoms with Crippen LogP contribution in [0, 0.1) is 13.0 Å². The maximum absolute atomic E-state index is 4.58. The Hall–Kier alpha value is -1.76. The molecule has 2 heteroatoms. The van der Waals surface area contributed by atoms with Gasteiger partial charge in [0.1, 0.15) is 0 Å². The summed E-state index contributed by atoms with van der Waals surface area (Å²) < 4.78 is 0. The van der Waals surface area contributed by atoms with Crippen LogP contribution in [-0.2, 0) is 25.5 Å². The summed E-state index contributed by atoms with van der Waals surface area (Å²) in [5.41, 5.74) is 8.73. The van der Waals surface area contributed by atoms with Crippen molar-refractivity contribution in [1.29, 1.82) is 0 Å². The van der Waals surface area contributed by atoms with Crippen LogP contribution in [0.1, 0.15) is 30.5 Å². The van der Waals surface area contributed by atoms with Crippen LogP contribution in [-0.4, -0.2) is 4.98 Å². The van der Waals surface area contributed by atoms with Crippen LogP contribution in [0.5, 0.6) is 0 Å². The van der Waals surface area contributed by atoms with E-state index in [1.807, 2.05) is 18.3 Å². The molecule has 0 bridgehead atoms. The van der Waals surface area contributed by atoms with Crippen molar-refractivity contribution < 1.29 is 20.1 Å². The second-order valence-electron chi connectivity index (χ2n) is 6.53. The number of aromatic nitrogens is 1. The molecule has 1 nitrogen and oxygen atoms in total. The second kappa shape index (κ2) is 5.70.